The summed E-state index contributed by atoms with van der Waals surface area (Å²) in [6, 6.07) is 1.13. The summed E-state index contributed by atoms with van der Waals surface area (Å²) in [5.74, 6) is 0.250. The minimum Gasteiger partial charge on any atom is -0.481 e. The Hall–Kier alpha value is -3.60. The van der Waals surface area contributed by atoms with Crippen LogP contribution in [0.15, 0.2) is 35.3 Å². The van der Waals surface area contributed by atoms with E-state index in [1.165, 1.54) is 25.6 Å². The third-order valence-electron chi connectivity index (χ3n) is 6.07. The fourth-order valence-electron chi connectivity index (χ4n) is 4.10. The van der Waals surface area contributed by atoms with E-state index in [9.17, 15) is 14.0 Å². The number of halogens is 1. The smallest absolute Gasteiger partial charge is 0.263 e. The highest BCUT2D eigenvalue weighted by molar-refractivity contribution is 5.91. The Morgan fingerprint density at radius 1 is 1.26 bits per heavy atom. The van der Waals surface area contributed by atoms with Crippen LogP contribution in [0.5, 0.6) is 5.88 Å². The number of Topliss-reactive ketones (excluding diaryl/α,β-unsaturated/α-hetero) is 1. The first-order valence-corrected chi connectivity index (χ1v) is 11.6. The van der Waals surface area contributed by atoms with E-state index in [0.29, 0.717) is 43.9 Å². The van der Waals surface area contributed by atoms with Gasteiger partial charge in [0.1, 0.15) is 12.1 Å². The number of ether oxygens (including phenoxy) is 1. The average molecular weight is 485 g/mol. The van der Waals surface area contributed by atoms with Crippen LogP contribution in [0.2, 0.25) is 0 Å². The molecule has 186 valence electrons. The number of methoxy groups -OCH3 is 1. The zero-order valence-electron chi connectivity index (χ0n) is 19.8. The molecule has 3 aromatic heterocycles. The third kappa shape index (κ3) is 6.10. The molecular formula is C24H29FN6O4. The largest absolute Gasteiger partial charge is 0.481 e. The number of aromatic amines is 1. The molecule has 0 unspecified atom stereocenters. The van der Waals surface area contributed by atoms with Gasteiger partial charge in [-0.25, -0.2) is 19.3 Å². The van der Waals surface area contributed by atoms with Crippen molar-refractivity contribution in [3.63, 3.8) is 0 Å². The lowest BCUT2D eigenvalue weighted by molar-refractivity contribution is -0.130. The van der Waals surface area contributed by atoms with Crippen molar-refractivity contribution in [2.75, 3.05) is 27.2 Å². The van der Waals surface area contributed by atoms with Gasteiger partial charge in [0, 0.05) is 31.1 Å². The van der Waals surface area contributed by atoms with Crippen molar-refractivity contribution in [1.29, 1.82) is 0 Å². The zero-order chi connectivity index (χ0) is 24.8. The topological polar surface area (TPSA) is 126 Å². The van der Waals surface area contributed by atoms with Gasteiger partial charge in [-0.15, -0.1) is 0 Å². The molecule has 3 aromatic rings. The Balaban J connectivity index is 1.40. The number of carbonyl (C=O) groups excluding carboxylic acids is 2. The number of ketones is 1. The highest BCUT2D eigenvalue weighted by atomic mass is 19.1. The molecule has 35 heavy (non-hydrogen) atoms. The number of pyridine rings is 1. The van der Waals surface area contributed by atoms with E-state index in [2.05, 4.69) is 30.2 Å². The van der Waals surface area contributed by atoms with Crippen LogP contribution < -0.4 is 10.1 Å². The quantitative estimate of drug-likeness (QED) is 0.297. The molecule has 0 radical (unpaired) electrons. The van der Waals surface area contributed by atoms with E-state index >= 15 is 0 Å². The van der Waals surface area contributed by atoms with Crippen molar-refractivity contribution in [3.8, 4) is 17.1 Å². The SMILES string of the molecule is COc1cc(-c2cnc([C@H](CCCCCC(=O)c3ncco3)NC(=O)C3CN(C)C3)[nH]2)c(F)cn1. The molecule has 1 aliphatic heterocycles. The van der Waals surface area contributed by atoms with Crippen LogP contribution in [0.1, 0.15) is 54.7 Å². The molecule has 10 nitrogen and oxygen atoms in total. The molecule has 1 atom stereocenters. The van der Waals surface area contributed by atoms with Gasteiger partial charge in [0.2, 0.25) is 17.6 Å². The fourth-order valence-corrected chi connectivity index (χ4v) is 4.10. The van der Waals surface area contributed by atoms with Crippen LogP contribution in [0.3, 0.4) is 0 Å². The Morgan fingerprint density at radius 3 is 2.80 bits per heavy atom. The van der Waals surface area contributed by atoms with E-state index in [0.717, 1.165) is 19.0 Å². The second-order valence-electron chi connectivity index (χ2n) is 8.73. The van der Waals surface area contributed by atoms with Crippen LogP contribution in [-0.2, 0) is 4.79 Å². The number of hydrogen-bond acceptors (Lipinski definition) is 8. The van der Waals surface area contributed by atoms with Crippen LogP contribution in [0, 0.1) is 11.7 Å². The molecule has 1 amide bonds. The highest BCUT2D eigenvalue weighted by Gasteiger charge is 2.32. The normalized spacial score (nSPS) is 14.9. The minimum absolute atomic E-state index is 0.0260. The summed E-state index contributed by atoms with van der Waals surface area (Å²) >= 11 is 0. The molecule has 4 rings (SSSR count). The van der Waals surface area contributed by atoms with Gasteiger partial charge in [-0.05, 0) is 19.9 Å². The third-order valence-corrected chi connectivity index (χ3v) is 6.07. The van der Waals surface area contributed by atoms with Crippen molar-refractivity contribution < 1.29 is 23.1 Å². The van der Waals surface area contributed by atoms with Crippen LogP contribution in [-0.4, -0.2) is 63.8 Å². The second-order valence-corrected chi connectivity index (χ2v) is 8.73. The van der Waals surface area contributed by atoms with E-state index < -0.39 is 5.82 Å². The number of amides is 1. The van der Waals surface area contributed by atoms with Gasteiger partial charge in [0.05, 0.1) is 43.4 Å². The van der Waals surface area contributed by atoms with Gasteiger partial charge < -0.3 is 24.4 Å². The summed E-state index contributed by atoms with van der Waals surface area (Å²) in [6.07, 6.45) is 8.67. The first-order valence-electron chi connectivity index (χ1n) is 11.6. The number of hydrogen-bond donors (Lipinski definition) is 2. The molecule has 4 heterocycles. The van der Waals surface area contributed by atoms with E-state index in [4.69, 9.17) is 9.15 Å². The van der Waals surface area contributed by atoms with Gasteiger partial charge in [-0.2, -0.15) is 0 Å². The molecule has 0 aliphatic carbocycles. The molecule has 0 saturated carbocycles. The van der Waals surface area contributed by atoms with Gasteiger partial charge in [-0.3, -0.25) is 9.59 Å². The predicted octanol–water partition coefficient (Wildman–Crippen LogP) is 3.16. The summed E-state index contributed by atoms with van der Waals surface area (Å²) in [7, 11) is 3.43. The number of oxazole rings is 1. The van der Waals surface area contributed by atoms with Gasteiger partial charge in [-0.1, -0.05) is 12.8 Å². The van der Waals surface area contributed by atoms with E-state index in [-0.39, 0.29) is 41.0 Å². The van der Waals surface area contributed by atoms with Crippen molar-refractivity contribution in [2.24, 2.45) is 5.92 Å². The van der Waals surface area contributed by atoms with Crippen LogP contribution in [0.4, 0.5) is 4.39 Å². The Morgan fingerprint density at radius 2 is 2.09 bits per heavy atom. The summed E-state index contributed by atoms with van der Waals surface area (Å²) in [5, 5.41) is 3.10. The monoisotopic (exact) mass is 484 g/mol. The first kappa shape index (κ1) is 24.5. The molecule has 0 spiro atoms. The Bertz CT molecular complexity index is 1140. The van der Waals surface area contributed by atoms with Crippen molar-refractivity contribution >= 4 is 11.7 Å². The zero-order valence-corrected chi connectivity index (χ0v) is 19.8. The number of nitrogens with zero attached hydrogens (tertiary/aromatic N) is 4. The molecule has 2 N–H and O–H groups in total. The first-order chi connectivity index (χ1) is 16.9. The standard InChI is InChI=1S/C24H29FN6O4/c1-31-13-15(14-31)23(33)30-18(6-4-3-5-7-20(32)24-26-8-9-35-24)22-28-12-19(29-22)16-10-21(34-2)27-11-17(16)25/h8-12,15,18H,3-7,13-14H2,1-2H3,(H,28,29)(H,30,33)/t18-/m0/s1. The molecule has 1 saturated heterocycles. The predicted molar refractivity (Wildman–Crippen MR) is 124 cm³/mol. The maximum atomic E-state index is 14.4. The van der Waals surface area contributed by atoms with Gasteiger partial charge in [0.15, 0.2) is 5.82 Å². The highest BCUT2D eigenvalue weighted by Crippen LogP contribution is 2.27. The Labute approximate surface area is 202 Å². The fraction of sp³-hybridized carbons (Fsp3) is 0.458. The number of aromatic nitrogens is 4. The van der Waals surface area contributed by atoms with Crippen molar-refractivity contribution in [2.45, 2.75) is 38.1 Å². The summed E-state index contributed by atoms with van der Waals surface area (Å²) < 4.78 is 24.5. The number of H-pyrrole nitrogens is 1. The van der Waals surface area contributed by atoms with Gasteiger partial charge in [0.25, 0.3) is 5.89 Å². The molecule has 0 aromatic carbocycles. The Kier molecular flexibility index (Phi) is 7.86. The number of imidazole rings is 1. The molecule has 1 aliphatic rings. The van der Waals surface area contributed by atoms with Crippen molar-refractivity contribution in [3.05, 3.63) is 48.5 Å². The number of carbonyl (C=O) groups is 2. The average Bonchev–Trinajstić information content (AvgIpc) is 3.54. The lowest BCUT2D eigenvalue weighted by Crippen LogP contribution is -2.52. The van der Waals surface area contributed by atoms with Crippen LogP contribution >= 0.6 is 0 Å². The summed E-state index contributed by atoms with van der Waals surface area (Å²) in [5.41, 5.74) is 0.753. The van der Waals surface area contributed by atoms with Crippen molar-refractivity contribution in [1.82, 2.24) is 30.2 Å². The molecule has 1 fully saturated rings. The molecular weight excluding hydrogens is 455 g/mol. The maximum absolute atomic E-state index is 14.4. The van der Waals surface area contributed by atoms with Crippen LogP contribution in [0.25, 0.3) is 11.3 Å². The maximum Gasteiger partial charge on any atom is 0.263 e. The van der Waals surface area contributed by atoms with E-state index in [1.807, 2.05) is 7.05 Å². The number of nitrogens with one attached hydrogen (secondary N) is 2. The summed E-state index contributed by atoms with van der Waals surface area (Å²) in [6.45, 7) is 1.43. The lowest BCUT2D eigenvalue weighted by atomic mass is 9.98. The number of likely N-dealkylation sites (tertiary alicyclic amines) is 1. The lowest BCUT2D eigenvalue weighted by Gasteiger charge is -2.35. The molecule has 0 bridgehead atoms. The minimum atomic E-state index is -0.505. The van der Waals surface area contributed by atoms with Gasteiger partial charge >= 0.3 is 0 Å². The number of unbranched alkanes of at least 4 members (excludes halogenated alkanes) is 2. The summed E-state index contributed by atoms with van der Waals surface area (Å²) in [4.78, 5) is 42.2. The number of rotatable bonds is 12. The van der Waals surface area contributed by atoms with E-state index in [1.54, 1.807) is 6.20 Å². The molecule has 11 heteroatoms. The second kappa shape index (κ2) is 11.2.